The Balaban J connectivity index is 2.32. The Kier molecular flexibility index (Phi) is 4.72. The van der Waals surface area contributed by atoms with Crippen LogP contribution in [0.4, 0.5) is 0 Å². The quantitative estimate of drug-likeness (QED) is 0.451. The maximum absolute atomic E-state index is 11.8. The highest BCUT2D eigenvalue weighted by Gasteiger charge is 2.12. The molecule has 0 saturated carbocycles. The first kappa shape index (κ1) is 14.1. The van der Waals surface area contributed by atoms with E-state index in [1.54, 1.807) is 6.08 Å². The molecule has 0 radical (unpaired) electrons. The van der Waals surface area contributed by atoms with Gasteiger partial charge in [-0.2, -0.15) is 0 Å². The van der Waals surface area contributed by atoms with Crippen LogP contribution in [0.15, 0.2) is 61.2 Å². The van der Waals surface area contributed by atoms with Crippen molar-refractivity contribution in [1.29, 1.82) is 0 Å². The standard InChI is InChI=1S/C18H18O2/c1-3-4-13-17(19)20-16-12-8-9-14(2)18(16)15-10-6-5-7-11-15/h3,5-12H,1,4,13H2,2H3. The smallest absolute Gasteiger partial charge is 0.311 e. The number of esters is 1. The summed E-state index contributed by atoms with van der Waals surface area (Å²) in [5, 5.41) is 0. The van der Waals surface area contributed by atoms with E-state index < -0.39 is 0 Å². The van der Waals surface area contributed by atoms with E-state index in [1.165, 1.54) is 0 Å². The van der Waals surface area contributed by atoms with Crippen molar-refractivity contribution < 1.29 is 9.53 Å². The summed E-state index contributed by atoms with van der Waals surface area (Å²) in [5.41, 5.74) is 3.11. The van der Waals surface area contributed by atoms with Gasteiger partial charge in [0, 0.05) is 12.0 Å². The lowest BCUT2D eigenvalue weighted by Crippen LogP contribution is -2.08. The van der Waals surface area contributed by atoms with Gasteiger partial charge in [-0.05, 0) is 30.5 Å². The number of hydrogen-bond donors (Lipinski definition) is 0. The molecule has 0 amide bonds. The van der Waals surface area contributed by atoms with E-state index in [9.17, 15) is 4.79 Å². The van der Waals surface area contributed by atoms with E-state index in [-0.39, 0.29) is 5.97 Å². The topological polar surface area (TPSA) is 26.3 Å². The van der Waals surface area contributed by atoms with Crippen LogP contribution in [-0.4, -0.2) is 5.97 Å². The summed E-state index contributed by atoms with van der Waals surface area (Å²) in [6.45, 7) is 5.63. The number of ether oxygens (including phenoxy) is 1. The molecule has 2 aromatic rings. The van der Waals surface area contributed by atoms with Crippen molar-refractivity contribution in [3.63, 3.8) is 0 Å². The molecule has 0 aliphatic carbocycles. The molecule has 2 aromatic carbocycles. The molecule has 0 N–H and O–H groups in total. The first-order chi connectivity index (χ1) is 9.72. The Bertz CT molecular complexity index is 600. The normalized spacial score (nSPS) is 10.1. The van der Waals surface area contributed by atoms with Crippen molar-refractivity contribution in [3.8, 4) is 16.9 Å². The molecule has 0 aliphatic heterocycles. The van der Waals surface area contributed by atoms with Gasteiger partial charge in [0.15, 0.2) is 0 Å². The lowest BCUT2D eigenvalue weighted by molar-refractivity contribution is -0.134. The number of benzene rings is 2. The molecule has 2 nitrogen and oxygen atoms in total. The maximum Gasteiger partial charge on any atom is 0.311 e. The third-order valence-corrected chi connectivity index (χ3v) is 3.07. The van der Waals surface area contributed by atoms with Crippen LogP contribution in [0.25, 0.3) is 11.1 Å². The fraction of sp³-hybridized carbons (Fsp3) is 0.167. The second kappa shape index (κ2) is 6.71. The highest BCUT2D eigenvalue weighted by atomic mass is 16.5. The van der Waals surface area contributed by atoms with E-state index in [0.717, 1.165) is 16.7 Å². The minimum Gasteiger partial charge on any atom is -0.426 e. The van der Waals surface area contributed by atoms with E-state index in [0.29, 0.717) is 18.6 Å². The summed E-state index contributed by atoms with van der Waals surface area (Å²) in [4.78, 5) is 11.8. The second-order valence-corrected chi connectivity index (χ2v) is 4.62. The molecular formula is C18H18O2. The van der Waals surface area contributed by atoms with Crippen LogP contribution in [0.3, 0.4) is 0 Å². The molecule has 0 spiro atoms. The second-order valence-electron chi connectivity index (χ2n) is 4.62. The van der Waals surface area contributed by atoms with E-state index in [4.69, 9.17) is 4.74 Å². The zero-order valence-corrected chi connectivity index (χ0v) is 11.6. The van der Waals surface area contributed by atoms with Gasteiger partial charge in [-0.3, -0.25) is 4.79 Å². The van der Waals surface area contributed by atoms with Crippen molar-refractivity contribution in [2.45, 2.75) is 19.8 Å². The van der Waals surface area contributed by atoms with Gasteiger partial charge in [0.05, 0.1) is 0 Å². The molecule has 0 atom stereocenters. The van der Waals surface area contributed by atoms with Gasteiger partial charge < -0.3 is 4.74 Å². The molecule has 0 heterocycles. The molecular weight excluding hydrogens is 248 g/mol. The summed E-state index contributed by atoms with van der Waals surface area (Å²) in [6.07, 6.45) is 2.70. The summed E-state index contributed by atoms with van der Waals surface area (Å²) in [5.74, 6) is 0.387. The highest BCUT2D eigenvalue weighted by Crippen LogP contribution is 2.33. The van der Waals surface area contributed by atoms with Crippen LogP contribution in [0, 0.1) is 6.92 Å². The SMILES string of the molecule is C=CCCC(=O)Oc1cccc(C)c1-c1ccccc1. The molecule has 2 heteroatoms. The number of rotatable bonds is 5. The first-order valence-corrected chi connectivity index (χ1v) is 6.69. The minimum atomic E-state index is -0.229. The minimum absolute atomic E-state index is 0.229. The molecule has 0 unspecified atom stereocenters. The van der Waals surface area contributed by atoms with Gasteiger partial charge in [-0.25, -0.2) is 0 Å². The predicted octanol–water partition coefficient (Wildman–Crippen LogP) is 4.53. The van der Waals surface area contributed by atoms with Crippen LogP contribution in [0.1, 0.15) is 18.4 Å². The molecule has 102 valence electrons. The number of aryl methyl sites for hydroxylation is 1. The third-order valence-electron chi connectivity index (χ3n) is 3.07. The van der Waals surface area contributed by atoms with Crippen LogP contribution >= 0.6 is 0 Å². The van der Waals surface area contributed by atoms with Gasteiger partial charge in [0.2, 0.25) is 0 Å². The van der Waals surface area contributed by atoms with Crippen molar-refractivity contribution in [1.82, 2.24) is 0 Å². The summed E-state index contributed by atoms with van der Waals surface area (Å²) in [6, 6.07) is 15.7. The monoisotopic (exact) mass is 266 g/mol. The Morgan fingerprint density at radius 2 is 1.90 bits per heavy atom. The predicted molar refractivity (Wildman–Crippen MR) is 81.7 cm³/mol. The zero-order valence-electron chi connectivity index (χ0n) is 11.6. The number of carbonyl (C=O) groups excluding carboxylic acids is 1. The van der Waals surface area contributed by atoms with Crippen LogP contribution in [0.2, 0.25) is 0 Å². The van der Waals surface area contributed by atoms with Crippen LogP contribution < -0.4 is 4.74 Å². The van der Waals surface area contributed by atoms with Crippen molar-refractivity contribution in [2.75, 3.05) is 0 Å². The molecule has 20 heavy (non-hydrogen) atoms. The number of hydrogen-bond acceptors (Lipinski definition) is 2. The van der Waals surface area contributed by atoms with Crippen LogP contribution in [0.5, 0.6) is 5.75 Å². The van der Waals surface area contributed by atoms with E-state index in [1.807, 2.05) is 55.5 Å². The molecule has 2 rings (SSSR count). The molecule has 0 aliphatic rings. The van der Waals surface area contributed by atoms with Gasteiger partial charge >= 0.3 is 5.97 Å². The Morgan fingerprint density at radius 1 is 1.15 bits per heavy atom. The fourth-order valence-electron chi connectivity index (χ4n) is 2.09. The lowest BCUT2D eigenvalue weighted by atomic mass is 9.99. The third kappa shape index (κ3) is 3.35. The molecule has 0 aromatic heterocycles. The highest BCUT2D eigenvalue weighted by molar-refractivity contribution is 5.79. The molecule has 0 fully saturated rings. The van der Waals surface area contributed by atoms with Crippen molar-refractivity contribution in [2.24, 2.45) is 0 Å². The van der Waals surface area contributed by atoms with Gasteiger partial charge in [-0.15, -0.1) is 6.58 Å². The van der Waals surface area contributed by atoms with Gasteiger partial charge in [0.1, 0.15) is 5.75 Å². The molecule has 0 saturated heterocycles. The Morgan fingerprint density at radius 3 is 2.60 bits per heavy atom. The van der Waals surface area contributed by atoms with Crippen molar-refractivity contribution in [3.05, 3.63) is 66.7 Å². The maximum atomic E-state index is 11.8. The lowest BCUT2D eigenvalue weighted by Gasteiger charge is -2.12. The van der Waals surface area contributed by atoms with Gasteiger partial charge in [0.25, 0.3) is 0 Å². The average molecular weight is 266 g/mol. The van der Waals surface area contributed by atoms with Gasteiger partial charge in [-0.1, -0.05) is 48.5 Å². The first-order valence-electron chi connectivity index (χ1n) is 6.69. The largest absolute Gasteiger partial charge is 0.426 e. The molecule has 0 bridgehead atoms. The van der Waals surface area contributed by atoms with Crippen LogP contribution in [-0.2, 0) is 4.79 Å². The number of allylic oxidation sites excluding steroid dienone is 1. The fourth-order valence-corrected chi connectivity index (χ4v) is 2.09. The summed E-state index contributed by atoms with van der Waals surface area (Å²) in [7, 11) is 0. The number of carbonyl (C=O) groups is 1. The summed E-state index contributed by atoms with van der Waals surface area (Å²) < 4.78 is 5.50. The van der Waals surface area contributed by atoms with E-state index >= 15 is 0 Å². The average Bonchev–Trinajstić information content (AvgIpc) is 2.46. The zero-order chi connectivity index (χ0) is 14.4. The Hall–Kier alpha value is -2.35. The Labute approximate surface area is 119 Å². The summed E-state index contributed by atoms with van der Waals surface area (Å²) >= 11 is 0. The van der Waals surface area contributed by atoms with E-state index in [2.05, 4.69) is 6.58 Å². The van der Waals surface area contributed by atoms with Crippen molar-refractivity contribution >= 4 is 5.97 Å².